The molecule has 0 saturated heterocycles. The minimum absolute atomic E-state index is 0.465. The van der Waals surface area contributed by atoms with Gasteiger partial charge in [-0.2, -0.15) is 0 Å². The van der Waals surface area contributed by atoms with Crippen LogP contribution in [0.25, 0.3) is 0 Å². The molecule has 0 radical (unpaired) electrons. The molecule has 0 aromatic heterocycles. The fraction of sp³-hybridized carbons (Fsp3) is 0.375. The fourth-order valence-electron chi connectivity index (χ4n) is 0.787. The van der Waals surface area contributed by atoms with Crippen molar-refractivity contribution >= 4 is 5.78 Å². The van der Waals surface area contributed by atoms with E-state index in [1.807, 2.05) is 0 Å². The highest BCUT2D eigenvalue weighted by Crippen LogP contribution is 2.25. The van der Waals surface area contributed by atoms with E-state index in [1.54, 1.807) is 19.1 Å². The normalized spacial score (nSPS) is 32.3. The van der Waals surface area contributed by atoms with Gasteiger partial charge in [0.25, 0.3) is 0 Å². The lowest BCUT2D eigenvalue weighted by atomic mass is 9.90. The molecule has 0 amide bonds. The maximum absolute atomic E-state index is 13.2. The molecule has 1 rings (SSSR count). The Balaban J connectivity index is 3.05. The molecule has 0 bridgehead atoms. The van der Waals surface area contributed by atoms with Crippen LogP contribution in [0.15, 0.2) is 23.8 Å². The highest BCUT2D eigenvalue weighted by atomic mass is 19.1. The lowest BCUT2D eigenvalue weighted by molar-refractivity contribution is -0.122. The predicted octanol–water partition coefficient (Wildman–Crippen LogP) is 1.80. The Labute approximate surface area is 59.2 Å². The van der Waals surface area contributed by atoms with Gasteiger partial charge in [0.05, 0.1) is 0 Å². The topological polar surface area (TPSA) is 17.1 Å². The Morgan fingerprint density at radius 3 is 2.60 bits per heavy atom. The van der Waals surface area contributed by atoms with Gasteiger partial charge < -0.3 is 0 Å². The first-order chi connectivity index (χ1) is 4.55. The van der Waals surface area contributed by atoms with Crippen LogP contribution >= 0.6 is 0 Å². The van der Waals surface area contributed by atoms with Crippen molar-refractivity contribution in [1.29, 1.82) is 0 Å². The second-order valence-corrected chi connectivity index (χ2v) is 2.58. The van der Waals surface area contributed by atoms with Gasteiger partial charge in [-0.05, 0) is 25.5 Å². The Morgan fingerprint density at radius 1 is 1.60 bits per heavy atom. The summed E-state index contributed by atoms with van der Waals surface area (Å²) in [6.45, 7) is 2.89. The van der Waals surface area contributed by atoms with Crippen LogP contribution in [0.3, 0.4) is 0 Å². The van der Waals surface area contributed by atoms with E-state index >= 15 is 0 Å². The van der Waals surface area contributed by atoms with Crippen LogP contribution in [0.5, 0.6) is 0 Å². The molecule has 1 aliphatic rings. The standard InChI is InChI=1S/C8H9FO/c1-6-4-3-5-7(10)8(6,2)9/h3-5H,1-2H3/t8-/m1/s1. The summed E-state index contributed by atoms with van der Waals surface area (Å²) in [4.78, 5) is 10.8. The molecule has 2 heteroatoms. The van der Waals surface area contributed by atoms with Crippen molar-refractivity contribution in [3.05, 3.63) is 23.8 Å². The monoisotopic (exact) mass is 140 g/mol. The maximum Gasteiger partial charge on any atom is 0.196 e. The van der Waals surface area contributed by atoms with Crippen molar-refractivity contribution in [2.45, 2.75) is 19.5 Å². The quantitative estimate of drug-likeness (QED) is 0.501. The van der Waals surface area contributed by atoms with Gasteiger partial charge in [0, 0.05) is 0 Å². The van der Waals surface area contributed by atoms with Crippen molar-refractivity contribution in [2.75, 3.05) is 0 Å². The third-order valence-corrected chi connectivity index (χ3v) is 1.80. The van der Waals surface area contributed by atoms with E-state index < -0.39 is 11.5 Å². The molecule has 0 aromatic rings. The molecule has 10 heavy (non-hydrogen) atoms. The Bertz CT molecular complexity index is 223. The highest BCUT2D eigenvalue weighted by Gasteiger charge is 2.33. The number of carbonyl (C=O) groups excluding carboxylic acids is 1. The number of hydrogen-bond acceptors (Lipinski definition) is 1. The largest absolute Gasteiger partial charge is 0.291 e. The molecule has 1 atom stereocenters. The van der Waals surface area contributed by atoms with Crippen LogP contribution in [-0.2, 0) is 4.79 Å². The molecule has 0 aliphatic heterocycles. The number of hydrogen-bond donors (Lipinski definition) is 0. The Morgan fingerprint density at radius 2 is 2.20 bits per heavy atom. The van der Waals surface area contributed by atoms with E-state index in [4.69, 9.17) is 0 Å². The van der Waals surface area contributed by atoms with Crippen LogP contribution in [0.2, 0.25) is 0 Å². The first-order valence-electron chi connectivity index (χ1n) is 3.14. The Hall–Kier alpha value is -0.920. The smallest absolute Gasteiger partial charge is 0.196 e. The number of allylic oxidation sites excluding steroid dienone is 4. The molecule has 1 aliphatic carbocycles. The van der Waals surface area contributed by atoms with Crippen molar-refractivity contribution in [1.82, 2.24) is 0 Å². The van der Waals surface area contributed by atoms with E-state index in [2.05, 4.69) is 0 Å². The van der Waals surface area contributed by atoms with Crippen molar-refractivity contribution < 1.29 is 9.18 Å². The van der Waals surface area contributed by atoms with Crippen LogP contribution in [0.4, 0.5) is 4.39 Å². The summed E-state index contributed by atoms with van der Waals surface area (Å²) in [5.41, 5.74) is -1.30. The third kappa shape index (κ3) is 0.897. The molecule has 1 nitrogen and oxygen atoms in total. The summed E-state index contributed by atoms with van der Waals surface area (Å²) >= 11 is 0. The van der Waals surface area contributed by atoms with Crippen molar-refractivity contribution in [2.24, 2.45) is 0 Å². The number of ketones is 1. The zero-order valence-electron chi connectivity index (χ0n) is 6.02. The average molecular weight is 140 g/mol. The lowest BCUT2D eigenvalue weighted by Gasteiger charge is -2.19. The molecule has 0 aromatic carbocycles. The van der Waals surface area contributed by atoms with Gasteiger partial charge in [0.1, 0.15) is 0 Å². The van der Waals surface area contributed by atoms with Gasteiger partial charge in [0.15, 0.2) is 11.5 Å². The van der Waals surface area contributed by atoms with Crippen LogP contribution in [0, 0.1) is 0 Å². The molecule has 0 N–H and O–H groups in total. The molecular formula is C8H9FO. The van der Waals surface area contributed by atoms with Gasteiger partial charge in [-0.3, -0.25) is 4.79 Å². The minimum Gasteiger partial charge on any atom is -0.291 e. The maximum atomic E-state index is 13.2. The molecule has 0 heterocycles. The lowest BCUT2D eigenvalue weighted by Crippen LogP contribution is -2.31. The number of carbonyl (C=O) groups is 1. The van der Waals surface area contributed by atoms with E-state index in [-0.39, 0.29) is 0 Å². The van der Waals surface area contributed by atoms with E-state index in [0.717, 1.165) is 0 Å². The van der Waals surface area contributed by atoms with Gasteiger partial charge in [-0.1, -0.05) is 12.2 Å². The van der Waals surface area contributed by atoms with Gasteiger partial charge in [-0.25, -0.2) is 4.39 Å². The van der Waals surface area contributed by atoms with E-state index in [0.29, 0.717) is 5.57 Å². The second-order valence-electron chi connectivity index (χ2n) is 2.58. The Kier molecular flexibility index (Phi) is 1.47. The number of rotatable bonds is 0. The first kappa shape index (κ1) is 7.19. The summed E-state index contributed by atoms with van der Waals surface area (Å²) in [6.07, 6.45) is 4.44. The molecule has 0 unspecified atom stereocenters. The summed E-state index contributed by atoms with van der Waals surface area (Å²) in [5.74, 6) is -0.465. The number of alkyl halides is 1. The van der Waals surface area contributed by atoms with Gasteiger partial charge in [-0.15, -0.1) is 0 Å². The summed E-state index contributed by atoms with van der Waals surface area (Å²) in [6, 6.07) is 0. The summed E-state index contributed by atoms with van der Waals surface area (Å²) < 4.78 is 13.2. The minimum atomic E-state index is -1.77. The molecule has 54 valence electrons. The average Bonchev–Trinajstić information content (AvgIpc) is 1.84. The summed E-state index contributed by atoms with van der Waals surface area (Å²) in [7, 11) is 0. The SMILES string of the molecule is CC1=CC=CC(=O)[C@]1(C)F. The van der Waals surface area contributed by atoms with Gasteiger partial charge >= 0.3 is 0 Å². The number of halogens is 1. The zero-order chi connectivity index (χ0) is 7.78. The molecule has 0 fully saturated rings. The van der Waals surface area contributed by atoms with E-state index in [1.165, 1.54) is 13.0 Å². The summed E-state index contributed by atoms with van der Waals surface area (Å²) in [5, 5.41) is 0. The van der Waals surface area contributed by atoms with Crippen molar-refractivity contribution in [3.63, 3.8) is 0 Å². The molecular weight excluding hydrogens is 131 g/mol. The van der Waals surface area contributed by atoms with Crippen LogP contribution in [-0.4, -0.2) is 11.5 Å². The zero-order valence-corrected chi connectivity index (χ0v) is 6.02. The highest BCUT2D eigenvalue weighted by molar-refractivity contribution is 6.00. The fourth-order valence-corrected chi connectivity index (χ4v) is 0.787. The third-order valence-electron chi connectivity index (χ3n) is 1.80. The van der Waals surface area contributed by atoms with E-state index in [9.17, 15) is 9.18 Å². The predicted molar refractivity (Wildman–Crippen MR) is 37.4 cm³/mol. The second kappa shape index (κ2) is 2.04. The first-order valence-corrected chi connectivity index (χ1v) is 3.14. The molecule has 0 spiro atoms. The molecule has 0 saturated carbocycles. The van der Waals surface area contributed by atoms with Crippen molar-refractivity contribution in [3.8, 4) is 0 Å². The van der Waals surface area contributed by atoms with Crippen LogP contribution in [0.1, 0.15) is 13.8 Å². The van der Waals surface area contributed by atoms with Gasteiger partial charge in [0.2, 0.25) is 0 Å². The van der Waals surface area contributed by atoms with Crippen LogP contribution < -0.4 is 0 Å².